The Morgan fingerprint density at radius 2 is 1.71 bits per heavy atom. The van der Waals surface area contributed by atoms with E-state index in [1.165, 1.54) is 33.4 Å². The van der Waals surface area contributed by atoms with Crippen molar-refractivity contribution in [2.75, 3.05) is 18.4 Å². The molecule has 3 aromatic rings. The maximum Gasteiger partial charge on any atom is 0.258 e. The van der Waals surface area contributed by atoms with E-state index in [-0.39, 0.29) is 48.5 Å². The summed E-state index contributed by atoms with van der Waals surface area (Å²) in [7, 11) is -3.92. The molecule has 0 atom stereocenters. The van der Waals surface area contributed by atoms with Crippen molar-refractivity contribution in [3.63, 3.8) is 0 Å². The maximum atomic E-state index is 14.1. The zero-order valence-corrected chi connectivity index (χ0v) is 21.9. The number of nitrogens with zero attached hydrogens (tertiary/aromatic N) is 3. The summed E-state index contributed by atoms with van der Waals surface area (Å²) in [4.78, 5) is 12.8. The molecule has 1 amide bonds. The number of rotatable bonds is 6. The van der Waals surface area contributed by atoms with Crippen LogP contribution in [-0.2, 0) is 16.6 Å². The fourth-order valence-electron chi connectivity index (χ4n) is 3.73. The van der Waals surface area contributed by atoms with Crippen molar-refractivity contribution in [2.45, 2.75) is 30.7 Å². The molecule has 0 spiro atoms. The van der Waals surface area contributed by atoms with Crippen LogP contribution in [0, 0.1) is 5.82 Å². The first-order valence-electron chi connectivity index (χ1n) is 10.5. The minimum atomic E-state index is -3.92. The number of carbonyl (C=O) groups excluding carboxylic acids is 1. The highest BCUT2D eigenvalue weighted by Crippen LogP contribution is 2.33. The zero-order valence-electron chi connectivity index (χ0n) is 18.1. The summed E-state index contributed by atoms with van der Waals surface area (Å²) in [5.41, 5.74) is 0.0916. The molecule has 7 nitrogen and oxygen atoms in total. The Bertz CT molecular complexity index is 1370. The Labute approximate surface area is 221 Å². The van der Waals surface area contributed by atoms with Crippen molar-refractivity contribution in [3.05, 3.63) is 73.6 Å². The number of hydrogen-bond acceptors (Lipinski definition) is 4. The lowest BCUT2D eigenvalue weighted by molar-refractivity contribution is 0.102. The fraction of sp³-hybridized carbons (Fsp3) is 0.273. The van der Waals surface area contributed by atoms with Crippen LogP contribution < -0.4 is 5.32 Å². The van der Waals surface area contributed by atoms with E-state index in [0.717, 1.165) is 25.3 Å². The molecule has 186 valence electrons. The third kappa shape index (κ3) is 5.60. The van der Waals surface area contributed by atoms with Gasteiger partial charge in [-0.05, 0) is 37.1 Å². The van der Waals surface area contributed by atoms with Gasteiger partial charge in [0.2, 0.25) is 10.0 Å². The first kappa shape index (κ1) is 26.2. The molecule has 0 unspecified atom stereocenters. The van der Waals surface area contributed by atoms with Gasteiger partial charge in [-0.25, -0.2) is 12.8 Å². The molecule has 1 aliphatic rings. The Morgan fingerprint density at radius 1 is 1.00 bits per heavy atom. The van der Waals surface area contributed by atoms with Crippen LogP contribution in [0.1, 0.15) is 35.2 Å². The van der Waals surface area contributed by atoms with Gasteiger partial charge in [-0.15, -0.1) is 0 Å². The summed E-state index contributed by atoms with van der Waals surface area (Å²) in [6, 6.07) is 6.67. The number of amides is 1. The van der Waals surface area contributed by atoms with Crippen molar-refractivity contribution in [1.29, 1.82) is 0 Å². The summed E-state index contributed by atoms with van der Waals surface area (Å²) in [6.07, 6.45) is 3.84. The minimum absolute atomic E-state index is 0.0180. The van der Waals surface area contributed by atoms with Gasteiger partial charge in [-0.2, -0.15) is 9.40 Å². The molecule has 1 aliphatic heterocycles. The van der Waals surface area contributed by atoms with Crippen molar-refractivity contribution >= 4 is 68.2 Å². The number of benzene rings is 2. The van der Waals surface area contributed by atoms with Gasteiger partial charge in [0.05, 0.1) is 22.2 Å². The molecule has 35 heavy (non-hydrogen) atoms. The summed E-state index contributed by atoms with van der Waals surface area (Å²) in [6.45, 7) is 0.727. The lowest BCUT2D eigenvalue weighted by atomic mass is 10.2. The van der Waals surface area contributed by atoms with Gasteiger partial charge in [0.25, 0.3) is 5.91 Å². The predicted molar refractivity (Wildman–Crippen MR) is 135 cm³/mol. The molecule has 13 heteroatoms. The van der Waals surface area contributed by atoms with Crippen molar-refractivity contribution in [1.82, 2.24) is 14.1 Å². The average Bonchev–Trinajstić information content (AvgIpc) is 3.15. The zero-order chi connectivity index (χ0) is 25.3. The first-order valence-corrected chi connectivity index (χ1v) is 13.5. The molecular weight excluding hydrogens is 561 g/mol. The smallest absolute Gasteiger partial charge is 0.258 e. The van der Waals surface area contributed by atoms with Gasteiger partial charge in [-0.3, -0.25) is 9.48 Å². The van der Waals surface area contributed by atoms with E-state index in [0.29, 0.717) is 13.1 Å². The number of carbonyl (C=O) groups is 1. The topological polar surface area (TPSA) is 84.3 Å². The van der Waals surface area contributed by atoms with Crippen LogP contribution in [0.3, 0.4) is 0 Å². The van der Waals surface area contributed by atoms with E-state index in [9.17, 15) is 17.6 Å². The van der Waals surface area contributed by atoms with Gasteiger partial charge in [0, 0.05) is 29.9 Å². The van der Waals surface area contributed by atoms with E-state index >= 15 is 0 Å². The number of nitrogens with one attached hydrogen (secondary N) is 1. The second-order valence-corrected chi connectivity index (χ2v) is 11.4. The molecule has 0 bridgehead atoms. The first-order chi connectivity index (χ1) is 16.6. The summed E-state index contributed by atoms with van der Waals surface area (Å²) >= 11 is 24.7. The fourth-order valence-corrected chi connectivity index (χ4v) is 6.50. The molecule has 0 saturated carbocycles. The number of aromatic nitrogens is 2. The third-order valence-corrected chi connectivity index (χ3v) is 8.84. The summed E-state index contributed by atoms with van der Waals surface area (Å²) in [5.74, 6) is -1.27. The van der Waals surface area contributed by atoms with Crippen LogP contribution in [0.5, 0.6) is 0 Å². The standard InChI is InChI=1S/C22H19Cl4FN4O3S/c23-15-5-4-6-19(27)14(15)11-30-12-18(26)21(29-30)28-22(32)13-9-20(17(25)10-16(13)24)35(33,34)31-7-2-1-3-8-31/h4-6,9-10,12H,1-3,7-8,11H2,(H,28,29,32). The molecule has 0 aliphatic carbocycles. The summed E-state index contributed by atoms with van der Waals surface area (Å²) < 4.78 is 43.0. The molecule has 1 N–H and O–H groups in total. The van der Waals surface area contributed by atoms with Crippen LogP contribution in [0.15, 0.2) is 41.4 Å². The maximum absolute atomic E-state index is 14.1. The van der Waals surface area contributed by atoms with Crippen LogP contribution in [0.4, 0.5) is 10.2 Å². The Morgan fingerprint density at radius 3 is 2.40 bits per heavy atom. The molecule has 0 radical (unpaired) electrons. The monoisotopic (exact) mass is 578 g/mol. The number of piperidine rings is 1. The SMILES string of the molecule is O=C(Nc1nn(Cc2c(F)cccc2Cl)cc1Cl)c1cc(S(=O)(=O)N2CCCCC2)c(Cl)cc1Cl. The second kappa shape index (κ2) is 10.6. The lowest BCUT2D eigenvalue weighted by Gasteiger charge is -2.26. The van der Waals surface area contributed by atoms with E-state index in [1.807, 2.05) is 0 Å². The van der Waals surface area contributed by atoms with E-state index in [1.54, 1.807) is 6.07 Å². The molecular formula is C22H19Cl4FN4O3S. The molecule has 1 saturated heterocycles. The highest BCUT2D eigenvalue weighted by molar-refractivity contribution is 7.89. The minimum Gasteiger partial charge on any atom is -0.304 e. The highest BCUT2D eigenvalue weighted by atomic mass is 35.5. The van der Waals surface area contributed by atoms with Crippen LogP contribution in [0.2, 0.25) is 20.1 Å². The van der Waals surface area contributed by atoms with Crippen molar-refractivity contribution < 1.29 is 17.6 Å². The number of sulfonamides is 1. The molecule has 1 aromatic heterocycles. The lowest BCUT2D eigenvalue weighted by Crippen LogP contribution is -2.35. The van der Waals surface area contributed by atoms with Gasteiger partial charge in [-0.1, -0.05) is 58.9 Å². The Balaban J connectivity index is 1.59. The van der Waals surface area contributed by atoms with Gasteiger partial charge in [0.1, 0.15) is 15.7 Å². The van der Waals surface area contributed by atoms with E-state index in [4.69, 9.17) is 46.4 Å². The van der Waals surface area contributed by atoms with E-state index < -0.39 is 21.7 Å². The normalized spacial score (nSPS) is 14.8. The molecule has 4 rings (SSSR count). The average molecular weight is 580 g/mol. The van der Waals surface area contributed by atoms with Gasteiger partial charge < -0.3 is 5.32 Å². The number of hydrogen-bond donors (Lipinski definition) is 1. The van der Waals surface area contributed by atoms with Crippen LogP contribution >= 0.6 is 46.4 Å². The molecule has 2 aromatic carbocycles. The van der Waals surface area contributed by atoms with E-state index in [2.05, 4.69) is 10.4 Å². The number of halogens is 5. The largest absolute Gasteiger partial charge is 0.304 e. The molecule has 1 fully saturated rings. The van der Waals surface area contributed by atoms with Crippen LogP contribution in [-0.4, -0.2) is 41.5 Å². The molecule has 2 heterocycles. The predicted octanol–water partition coefficient (Wildman–Crippen LogP) is 6.11. The highest BCUT2D eigenvalue weighted by Gasteiger charge is 2.30. The van der Waals surface area contributed by atoms with Gasteiger partial charge >= 0.3 is 0 Å². The third-order valence-electron chi connectivity index (χ3n) is 5.53. The van der Waals surface area contributed by atoms with Crippen LogP contribution in [0.25, 0.3) is 0 Å². The Kier molecular flexibility index (Phi) is 7.95. The number of anilines is 1. The van der Waals surface area contributed by atoms with Crippen molar-refractivity contribution in [2.24, 2.45) is 0 Å². The Hall–Kier alpha value is -1.88. The quantitative estimate of drug-likeness (QED) is 0.382. The second-order valence-electron chi connectivity index (χ2n) is 7.90. The van der Waals surface area contributed by atoms with Gasteiger partial charge in [0.15, 0.2) is 5.82 Å². The van der Waals surface area contributed by atoms with Crippen molar-refractivity contribution in [3.8, 4) is 0 Å². The summed E-state index contributed by atoms with van der Waals surface area (Å²) in [5, 5.41) is 6.87.